The lowest BCUT2D eigenvalue weighted by Gasteiger charge is -2.13. The first kappa shape index (κ1) is 14.3. The van der Waals surface area contributed by atoms with Crippen LogP contribution >= 0.6 is 0 Å². The number of carbonyl (C=O) groups is 1. The van der Waals surface area contributed by atoms with Gasteiger partial charge in [-0.15, -0.1) is 0 Å². The smallest absolute Gasteiger partial charge is 0.282 e. The topological polar surface area (TPSA) is 107 Å². The summed E-state index contributed by atoms with van der Waals surface area (Å²) >= 11 is 0. The normalized spacial score (nSPS) is 12.4. The molecule has 100 valence electrons. The van der Waals surface area contributed by atoms with Crippen molar-refractivity contribution in [2.24, 2.45) is 5.73 Å². The Morgan fingerprint density at radius 1 is 1.72 bits per heavy atom. The van der Waals surface area contributed by atoms with Crippen molar-refractivity contribution in [1.82, 2.24) is 9.55 Å². The molecule has 0 aliphatic rings. The van der Waals surface area contributed by atoms with Gasteiger partial charge in [-0.25, -0.2) is 4.98 Å². The van der Waals surface area contributed by atoms with Crippen molar-refractivity contribution in [1.29, 1.82) is 0 Å². The highest BCUT2D eigenvalue weighted by atomic mass is 19.1. The average Bonchev–Trinajstić information content (AvgIpc) is 2.33. The third-order valence-corrected chi connectivity index (χ3v) is 2.41. The third-order valence-electron chi connectivity index (χ3n) is 2.41. The molecule has 1 atom stereocenters. The number of methoxy groups -OCH3 is 1. The van der Waals surface area contributed by atoms with Crippen molar-refractivity contribution in [3.05, 3.63) is 28.2 Å². The summed E-state index contributed by atoms with van der Waals surface area (Å²) in [5, 5.41) is 8.90. The maximum Gasteiger partial charge on any atom is 0.282 e. The molecule has 1 heterocycles. The van der Waals surface area contributed by atoms with E-state index in [1.165, 1.54) is 7.11 Å². The molecule has 0 aromatic carbocycles. The zero-order valence-electron chi connectivity index (χ0n) is 9.80. The van der Waals surface area contributed by atoms with Gasteiger partial charge in [-0.2, -0.15) is 4.39 Å². The fourth-order valence-corrected chi connectivity index (χ4v) is 1.40. The van der Waals surface area contributed by atoms with E-state index in [9.17, 15) is 14.0 Å². The molecule has 0 radical (unpaired) electrons. The molecule has 1 rings (SSSR count). The Morgan fingerprint density at radius 3 is 2.89 bits per heavy atom. The number of primary amides is 1. The summed E-state index contributed by atoms with van der Waals surface area (Å²) in [5.74, 6) is -2.06. The van der Waals surface area contributed by atoms with E-state index in [-0.39, 0.29) is 19.6 Å². The lowest BCUT2D eigenvalue weighted by atomic mass is 10.2. The number of nitrogens with two attached hydrogens (primary N) is 1. The highest BCUT2D eigenvalue weighted by Crippen LogP contribution is 2.00. The number of rotatable bonds is 6. The van der Waals surface area contributed by atoms with Gasteiger partial charge in [0.15, 0.2) is 5.69 Å². The van der Waals surface area contributed by atoms with Crippen molar-refractivity contribution in [3.8, 4) is 0 Å². The number of hydrogen-bond acceptors (Lipinski definition) is 5. The molecule has 18 heavy (non-hydrogen) atoms. The maximum absolute atomic E-state index is 13.1. The summed E-state index contributed by atoms with van der Waals surface area (Å²) in [6, 6.07) is 0. The summed E-state index contributed by atoms with van der Waals surface area (Å²) in [5.41, 5.74) is 3.50. The van der Waals surface area contributed by atoms with Crippen LogP contribution in [-0.4, -0.2) is 40.4 Å². The SMILES string of the molecule is CO[C@H](CO)CCn1cc(F)nc(C(N)=O)c1=O. The highest BCUT2D eigenvalue weighted by molar-refractivity contribution is 5.90. The number of hydrogen-bond donors (Lipinski definition) is 2. The number of amides is 1. The molecular formula is C10H14FN3O4. The first-order chi connectivity index (χ1) is 8.49. The van der Waals surface area contributed by atoms with Gasteiger partial charge in [0, 0.05) is 13.7 Å². The molecule has 0 aliphatic heterocycles. The van der Waals surface area contributed by atoms with E-state index in [1.54, 1.807) is 0 Å². The Hall–Kier alpha value is -1.80. The van der Waals surface area contributed by atoms with Crippen molar-refractivity contribution >= 4 is 5.91 Å². The van der Waals surface area contributed by atoms with E-state index in [1.807, 2.05) is 0 Å². The minimum Gasteiger partial charge on any atom is -0.394 e. The Bertz CT molecular complexity index is 485. The zero-order chi connectivity index (χ0) is 13.7. The molecule has 0 saturated heterocycles. The fourth-order valence-electron chi connectivity index (χ4n) is 1.40. The van der Waals surface area contributed by atoms with Crippen LogP contribution in [0.5, 0.6) is 0 Å². The van der Waals surface area contributed by atoms with E-state index < -0.39 is 29.2 Å². The van der Waals surface area contributed by atoms with E-state index in [0.717, 1.165) is 10.8 Å². The second-order valence-corrected chi connectivity index (χ2v) is 3.60. The summed E-state index contributed by atoms with van der Waals surface area (Å²) in [6.45, 7) is -0.140. The van der Waals surface area contributed by atoms with Gasteiger partial charge in [0.2, 0.25) is 5.95 Å². The molecule has 0 bridgehead atoms. The van der Waals surface area contributed by atoms with Crippen LogP contribution < -0.4 is 11.3 Å². The van der Waals surface area contributed by atoms with Gasteiger partial charge < -0.3 is 20.1 Å². The first-order valence-corrected chi connectivity index (χ1v) is 5.20. The summed E-state index contributed by atoms with van der Waals surface area (Å²) in [7, 11) is 1.41. The second kappa shape index (κ2) is 6.22. The highest BCUT2D eigenvalue weighted by Gasteiger charge is 2.14. The first-order valence-electron chi connectivity index (χ1n) is 5.20. The van der Waals surface area contributed by atoms with E-state index in [0.29, 0.717) is 0 Å². The van der Waals surface area contributed by atoms with Gasteiger partial charge in [0.1, 0.15) is 0 Å². The molecule has 8 heteroatoms. The molecule has 1 aromatic heterocycles. The number of ether oxygens (including phenoxy) is 1. The minimum absolute atomic E-state index is 0.0810. The van der Waals surface area contributed by atoms with Crippen LogP contribution in [0.15, 0.2) is 11.0 Å². The molecule has 0 aliphatic carbocycles. The van der Waals surface area contributed by atoms with Gasteiger partial charge in [0.25, 0.3) is 11.5 Å². The van der Waals surface area contributed by atoms with Crippen LogP contribution in [0, 0.1) is 5.95 Å². The Labute approximate surface area is 102 Å². The Morgan fingerprint density at radius 2 is 2.39 bits per heavy atom. The molecule has 0 saturated carbocycles. The summed E-state index contributed by atoms with van der Waals surface area (Å²) < 4.78 is 19.0. The number of carbonyl (C=O) groups excluding carboxylic acids is 1. The van der Waals surface area contributed by atoms with E-state index in [2.05, 4.69) is 4.98 Å². The lowest BCUT2D eigenvalue weighted by Crippen LogP contribution is -2.33. The van der Waals surface area contributed by atoms with Crippen LogP contribution in [0.1, 0.15) is 16.9 Å². The van der Waals surface area contributed by atoms with Gasteiger partial charge in [-0.1, -0.05) is 0 Å². The van der Waals surface area contributed by atoms with E-state index in [4.69, 9.17) is 15.6 Å². The Kier molecular flexibility index (Phi) is 4.93. The van der Waals surface area contributed by atoms with Crippen LogP contribution in [0.25, 0.3) is 0 Å². The average molecular weight is 259 g/mol. The summed E-state index contributed by atoms with van der Waals surface area (Å²) in [6.07, 6.45) is 0.693. The van der Waals surface area contributed by atoms with Crippen molar-refractivity contribution in [3.63, 3.8) is 0 Å². The van der Waals surface area contributed by atoms with Gasteiger partial charge >= 0.3 is 0 Å². The maximum atomic E-state index is 13.1. The lowest BCUT2D eigenvalue weighted by molar-refractivity contribution is 0.0401. The molecule has 0 spiro atoms. The number of nitrogens with zero attached hydrogens (tertiary/aromatic N) is 2. The van der Waals surface area contributed by atoms with Gasteiger partial charge in [0.05, 0.1) is 18.9 Å². The van der Waals surface area contributed by atoms with Crippen molar-refractivity contribution < 1.29 is 19.0 Å². The quantitative estimate of drug-likeness (QED) is 0.672. The molecule has 7 nitrogen and oxygen atoms in total. The van der Waals surface area contributed by atoms with Gasteiger partial charge in [-0.3, -0.25) is 9.59 Å². The molecular weight excluding hydrogens is 245 g/mol. The molecule has 3 N–H and O–H groups in total. The number of aliphatic hydroxyl groups excluding tert-OH is 1. The van der Waals surface area contributed by atoms with Crippen molar-refractivity contribution in [2.75, 3.05) is 13.7 Å². The van der Waals surface area contributed by atoms with Crippen LogP contribution in [0.2, 0.25) is 0 Å². The number of aromatic nitrogens is 2. The second-order valence-electron chi connectivity index (χ2n) is 3.60. The molecule has 1 amide bonds. The Balaban J connectivity index is 2.96. The van der Waals surface area contributed by atoms with Crippen molar-refractivity contribution in [2.45, 2.75) is 19.1 Å². The van der Waals surface area contributed by atoms with Crippen LogP contribution in [0.3, 0.4) is 0 Å². The number of aliphatic hydroxyl groups is 1. The molecule has 0 unspecified atom stereocenters. The molecule has 0 fully saturated rings. The predicted molar refractivity (Wildman–Crippen MR) is 59.5 cm³/mol. The molecule has 1 aromatic rings. The van der Waals surface area contributed by atoms with Gasteiger partial charge in [-0.05, 0) is 6.42 Å². The number of halogens is 1. The summed E-state index contributed by atoms with van der Waals surface area (Å²) in [4.78, 5) is 25.7. The van der Waals surface area contributed by atoms with E-state index >= 15 is 0 Å². The predicted octanol–water partition coefficient (Wildman–Crippen LogP) is -1.12. The largest absolute Gasteiger partial charge is 0.394 e. The monoisotopic (exact) mass is 259 g/mol. The fraction of sp³-hybridized carbons (Fsp3) is 0.500. The third kappa shape index (κ3) is 3.34. The van der Waals surface area contributed by atoms with Crippen LogP contribution in [-0.2, 0) is 11.3 Å². The minimum atomic E-state index is -1.08. The van der Waals surface area contributed by atoms with Crippen LogP contribution in [0.4, 0.5) is 4.39 Å². The zero-order valence-corrected chi connectivity index (χ0v) is 9.80. The standard InChI is InChI=1S/C10H14FN3O4/c1-18-6(5-15)2-3-14-4-7(11)13-8(9(12)16)10(14)17/h4,6,15H,2-3,5H2,1H3,(H2,12,16)/t6-/m0/s1. The number of aryl methyl sites for hydroxylation is 1.